The second-order valence-corrected chi connectivity index (χ2v) is 2.28. The molecular weight excluding hydrogens is 192 g/mol. The summed E-state index contributed by atoms with van der Waals surface area (Å²) in [7, 11) is 0. The molecule has 0 aliphatic heterocycles. The van der Waals surface area contributed by atoms with Crippen LogP contribution in [0.4, 0.5) is 4.79 Å². The fourth-order valence-corrected chi connectivity index (χ4v) is 0.741. The van der Waals surface area contributed by atoms with Gasteiger partial charge in [-0.1, -0.05) is 0 Å². The van der Waals surface area contributed by atoms with E-state index in [0.717, 1.165) is 4.57 Å². The van der Waals surface area contributed by atoms with E-state index in [-0.39, 0.29) is 13.2 Å². The molecule has 0 saturated carbocycles. The van der Waals surface area contributed by atoms with Crippen LogP contribution in [-0.4, -0.2) is 27.5 Å². The molecule has 0 aromatic carbocycles. The number of rotatable bonds is 3. The molecule has 0 bridgehead atoms. The molecule has 8 heteroatoms. The van der Waals surface area contributed by atoms with E-state index >= 15 is 0 Å². The highest BCUT2D eigenvalue weighted by Crippen LogP contribution is 1.77. The Balaban J connectivity index is 2.69. The van der Waals surface area contributed by atoms with E-state index < -0.39 is 17.2 Å². The molecule has 0 aliphatic rings. The smallest absolute Gasteiger partial charge is 0.404 e. The Morgan fingerprint density at radius 2 is 2.36 bits per heavy atom. The van der Waals surface area contributed by atoms with E-state index in [4.69, 9.17) is 0 Å². The van der Waals surface area contributed by atoms with E-state index in [1.165, 1.54) is 0 Å². The minimum Gasteiger partial charge on any atom is -0.448 e. The number of nitrogens with two attached hydrogens (primary N) is 1. The summed E-state index contributed by atoms with van der Waals surface area (Å²) in [6.07, 6.45) is 1.27. The van der Waals surface area contributed by atoms with Crippen LogP contribution >= 0.6 is 0 Å². The standard InChI is InChI=1S/C6H7N4O4/c7-6(13)14-2-1-10-3-8-9-4(11)5(10)12/h1-2H2,(H2,7,13)(H,9,11). The van der Waals surface area contributed by atoms with Crippen molar-refractivity contribution in [3.05, 3.63) is 27.0 Å². The monoisotopic (exact) mass is 199 g/mol. The van der Waals surface area contributed by atoms with Crippen LogP contribution in [0.2, 0.25) is 0 Å². The van der Waals surface area contributed by atoms with Crippen molar-refractivity contribution < 1.29 is 9.53 Å². The molecule has 14 heavy (non-hydrogen) atoms. The number of nitrogens with one attached hydrogen (secondary N) is 1. The first-order valence-corrected chi connectivity index (χ1v) is 3.60. The maximum absolute atomic E-state index is 11.0. The van der Waals surface area contributed by atoms with Crippen LogP contribution in [0.15, 0.2) is 9.59 Å². The predicted molar refractivity (Wildman–Crippen MR) is 43.5 cm³/mol. The lowest BCUT2D eigenvalue weighted by molar-refractivity contribution is 0.151. The molecule has 3 N–H and O–H groups in total. The second-order valence-electron chi connectivity index (χ2n) is 2.28. The van der Waals surface area contributed by atoms with E-state index in [1.54, 1.807) is 0 Å². The van der Waals surface area contributed by atoms with Crippen molar-refractivity contribution >= 4 is 6.09 Å². The number of aromatic nitrogens is 3. The van der Waals surface area contributed by atoms with E-state index in [1.807, 2.05) is 5.10 Å². The molecule has 0 aliphatic carbocycles. The highest BCUT2D eigenvalue weighted by Gasteiger charge is 2.01. The summed E-state index contributed by atoms with van der Waals surface area (Å²) in [5.74, 6) is 0. The van der Waals surface area contributed by atoms with Crippen molar-refractivity contribution in [3.63, 3.8) is 0 Å². The van der Waals surface area contributed by atoms with Gasteiger partial charge in [0.15, 0.2) is 0 Å². The molecule has 1 radical (unpaired) electrons. The van der Waals surface area contributed by atoms with Gasteiger partial charge in [-0.3, -0.25) is 14.2 Å². The largest absolute Gasteiger partial charge is 0.448 e. The van der Waals surface area contributed by atoms with Crippen LogP contribution in [0.5, 0.6) is 0 Å². The zero-order valence-corrected chi connectivity index (χ0v) is 7.02. The highest BCUT2D eigenvalue weighted by atomic mass is 16.5. The topological polar surface area (TPSA) is 120 Å². The maximum atomic E-state index is 11.0. The van der Waals surface area contributed by atoms with Crippen molar-refractivity contribution in [3.8, 4) is 0 Å². The molecule has 8 nitrogen and oxygen atoms in total. The number of primary amides is 1. The number of hydrogen-bond acceptors (Lipinski definition) is 5. The van der Waals surface area contributed by atoms with Gasteiger partial charge in [0.25, 0.3) is 0 Å². The molecule has 0 fully saturated rings. The van der Waals surface area contributed by atoms with Gasteiger partial charge in [0.05, 0.1) is 6.54 Å². The lowest BCUT2D eigenvalue weighted by Crippen LogP contribution is -2.38. The number of nitrogens with zero attached hydrogens (tertiary/aromatic N) is 2. The van der Waals surface area contributed by atoms with Crippen LogP contribution in [0.3, 0.4) is 0 Å². The van der Waals surface area contributed by atoms with Gasteiger partial charge in [0.1, 0.15) is 6.61 Å². The zero-order valence-electron chi connectivity index (χ0n) is 7.02. The fourth-order valence-electron chi connectivity index (χ4n) is 0.741. The van der Waals surface area contributed by atoms with Gasteiger partial charge in [-0.2, -0.15) is 5.10 Å². The van der Waals surface area contributed by atoms with Crippen LogP contribution in [0, 0.1) is 6.33 Å². The molecule has 1 aromatic rings. The number of aromatic amines is 1. The molecule has 0 unspecified atom stereocenters. The number of amides is 1. The van der Waals surface area contributed by atoms with Gasteiger partial charge in [0, 0.05) is 0 Å². The molecule has 1 aromatic heterocycles. The molecule has 0 spiro atoms. The van der Waals surface area contributed by atoms with Gasteiger partial charge in [-0.05, 0) is 0 Å². The molecule has 75 valence electrons. The Bertz CT molecular complexity index is 434. The number of carbonyl (C=O) groups is 1. The van der Waals surface area contributed by atoms with E-state index in [2.05, 4.69) is 21.9 Å². The average molecular weight is 199 g/mol. The fraction of sp³-hybridized carbons (Fsp3) is 0.333. The minimum atomic E-state index is -0.948. The molecular formula is C6H7N4O4. The number of ether oxygens (including phenoxy) is 1. The van der Waals surface area contributed by atoms with Crippen LogP contribution < -0.4 is 16.9 Å². The molecule has 1 heterocycles. The Labute approximate surface area is 77.3 Å². The zero-order chi connectivity index (χ0) is 10.6. The Kier molecular flexibility index (Phi) is 3.00. The minimum absolute atomic E-state index is 0.0152. The Morgan fingerprint density at radius 3 is 3.00 bits per heavy atom. The van der Waals surface area contributed by atoms with Gasteiger partial charge < -0.3 is 10.5 Å². The maximum Gasteiger partial charge on any atom is 0.404 e. The van der Waals surface area contributed by atoms with Crippen molar-refractivity contribution in [2.24, 2.45) is 5.73 Å². The third kappa shape index (κ3) is 2.44. The Morgan fingerprint density at radius 1 is 1.64 bits per heavy atom. The first-order valence-electron chi connectivity index (χ1n) is 3.60. The summed E-state index contributed by atoms with van der Waals surface area (Å²) in [5.41, 5.74) is 3.01. The predicted octanol–water partition coefficient (Wildman–Crippen LogP) is -2.17. The van der Waals surface area contributed by atoms with E-state index in [0.29, 0.717) is 0 Å². The molecule has 1 amide bonds. The molecule has 0 saturated heterocycles. The average Bonchev–Trinajstić information content (AvgIpc) is 2.12. The number of H-pyrrole nitrogens is 1. The third-order valence-corrected chi connectivity index (χ3v) is 1.33. The first-order chi connectivity index (χ1) is 6.61. The van der Waals surface area contributed by atoms with Gasteiger partial charge >= 0.3 is 17.2 Å². The van der Waals surface area contributed by atoms with Gasteiger partial charge in [-0.15, -0.1) is 0 Å². The summed E-state index contributed by atoms with van der Waals surface area (Å²) >= 11 is 0. The van der Waals surface area contributed by atoms with Crippen molar-refractivity contribution in [2.45, 2.75) is 6.54 Å². The SMILES string of the molecule is NC(=O)OCCn1[c]n[nH]c(=O)c1=O. The van der Waals surface area contributed by atoms with Crippen molar-refractivity contribution in [1.82, 2.24) is 14.8 Å². The third-order valence-electron chi connectivity index (χ3n) is 1.33. The Hall–Kier alpha value is -2.12. The summed E-state index contributed by atoms with van der Waals surface area (Å²) < 4.78 is 5.25. The summed E-state index contributed by atoms with van der Waals surface area (Å²) in [6.45, 7) is -0.129. The molecule has 0 atom stereocenters. The number of carbonyl (C=O) groups excluding carboxylic acids is 1. The summed E-state index contributed by atoms with van der Waals surface area (Å²) in [6, 6.07) is 0. The summed E-state index contributed by atoms with van der Waals surface area (Å²) in [5, 5.41) is 5.18. The van der Waals surface area contributed by atoms with Crippen LogP contribution in [0.25, 0.3) is 0 Å². The summed E-state index contributed by atoms with van der Waals surface area (Å²) in [4.78, 5) is 31.9. The lowest BCUT2D eigenvalue weighted by atomic mass is 10.6. The first kappa shape index (κ1) is 9.96. The van der Waals surface area contributed by atoms with Crippen molar-refractivity contribution in [1.29, 1.82) is 0 Å². The van der Waals surface area contributed by atoms with E-state index in [9.17, 15) is 14.4 Å². The van der Waals surface area contributed by atoms with Crippen LogP contribution in [-0.2, 0) is 11.3 Å². The van der Waals surface area contributed by atoms with Crippen molar-refractivity contribution in [2.75, 3.05) is 6.61 Å². The van der Waals surface area contributed by atoms with Gasteiger partial charge in [-0.25, -0.2) is 9.89 Å². The highest BCUT2D eigenvalue weighted by molar-refractivity contribution is 5.64. The normalized spacial score (nSPS) is 9.71. The second kappa shape index (κ2) is 4.21. The number of hydrogen-bond donors (Lipinski definition) is 2. The quantitative estimate of drug-likeness (QED) is 0.536. The van der Waals surface area contributed by atoms with Gasteiger partial charge in [0.2, 0.25) is 6.33 Å². The van der Waals surface area contributed by atoms with Crippen LogP contribution in [0.1, 0.15) is 0 Å². The molecule has 1 rings (SSSR count). The lowest BCUT2D eigenvalue weighted by Gasteiger charge is -2.02.